The van der Waals surface area contributed by atoms with Crippen molar-refractivity contribution in [2.75, 3.05) is 13.3 Å². The van der Waals surface area contributed by atoms with Gasteiger partial charge in [-0.3, -0.25) is 0 Å². The second-order valence-corrected chi connectivity index (χ2v) is 7.16. The number of benzene rings is 2. The van der Waals surface area contributed by atoms with Crippen LogP contribution in [0.2, 0.25) is 0 Å². The van der Waals surface area contributed by atoms with Gasteiger partial charge in [-0.15, -0.1) is 0 Å². The summed E-state index contributed by atoms with van der Waals surface area (Å²) in [4.78, 5) is 0. The topological polar surface area (TPSA) is 37.4 Å². The second kappa shape index (κ2) is 4.99. The van der Waals surface area contributed by atoms with E-state index >= 15 is 0 Å². The van der Waals surface area contributed by atoms with Gasteiger partial charge in [0, 0.05) is 18.1 Å². The minimum atomic E-state index is -3.16. The quantitative estimate of drug-likeness (QED) is 0.869. The number of hydrogen-bond donors (Lipinski definition) is 0. The third kappa shape index (κ3) is 2.74. The third-order valence-corrected chi connectivity index (χ3v) is 5.10. The molecule has 0 aliphatic heterocycles. The maximum atomic E-state index is 11.4. The number of fused-ring (bicyclic) bond motifs is 1. The fraction of sp³-hybridized carbons (Fsp3) is 0.231. The Morgan fingerprint density at radius 1 is 1.17 bits per heavy atom. The first-order valence-corrected chi connectivity index (χ1v) is 8.11. The summed E-state index contributed by atoms with van der Waals surface area (Å²) in [7, 11) is -1.58. The van der Waals surface area contributed by atoms with Gasteiger partial charge in [0.1, 0.15) is 0 Å². The SMILES string of the molecule is CN(Cc1ccc2ccccc2c1Br)S(C)(=O)=O. The Morgan fingerprint density at radius 2 is 1.83 bits per heavy atom. The van der Waals surface area contributed by atoms with Gasteiger partial charge in [0.25, 0.3) is 0 Å². The van der Waals surface area contributed by atoms with Crippen LogP contribution in [0.3, 0.4) is 0 Å². The first-order chi connectivity index (χ1) is 8.39. The highest BCUT2D eigenvalue weighted by Crippen LogP contribution is 2.28. The number of nitrogens with zero attached hydrogens (tertiary/aromatic N) is 1. The van der Waals surface area contributed by atoms with Gasteiger partial charge >= 0.3 is 0 Å². The predicted molar refractivity (Wildman–Crippen MR) is 78.0 cm³/mol. The van der Waals surface area contributed by atoms with E-state index in [1.165, 1.54) is 10.6 Å². The van der Waals surface area contributed by atoms with Crippen molar-refractivity contribution >= 4 is 36.7 Å². The van der Waals surface area contributed by atoms with Crippen LogP contribution >= 0.6 is 15.9 Å². The van der Waals surface area contributed by atoms with Gasteiger partial charge in [-0.2, -0.15) is 0 Å². The normalized spacial score (nSPS) is 12.2. The molecule has 0 bridgehead atoms. The molecule has 3 nitrogen and oxygen atoms in total. The molecule has 0 fully saturated rings. The van der Waals surface area contributed by atoms with E-state index in [9.17, 15) is 8.42 Å². The Balaban J connectivity index is 2.44. The monoisotopic (exact) mass is 327 g/mol. The molecular formula is C13H14BrNO2S. The van der Waals surface area contributed by atoms with E-state index in [1.54, 1.807) is 7.05 Å². The summed E-state index contributed by atoms with van der Waals surface area (Å²) < 4.78 is 25.1. The molecular weight excluding hydrogens is 314 g/mol. The van der Waals surface area contributed by atoms with Crippen molar-refractivity contribution in [3.63, 3.8) is 0 Å². The summed E-state index contributed by atoms with van der Waals surface area (Å²) in [5.74, 6) is 0. The number of halogens is 1. The van der Waals surface area contributed by atoms with E-state index in [2.05, 4.69) is 15.9 Å². The van der Waals surface area contributed by atoms with Crippen LogP contribution in [0.4, 0.5) is 0 Å². The Kier molecular flexibility index (Phi) is 3.75. The van der Waals surface area contributed by atoms with Crippen LogP contribution in [-0.4, -0.2) is 26.0 Å². The molecule has 0 heterocycles. The molecule has 2 aromatic rings. The van der Waals surface area contributed by atoms with Crippen LogP contribution < -0.4 is 0 Å². The van der Waals surface area contributed by atoms with Gasteiger partial charge in [0.05, 0.1) is 6.26 Å². The Labute approximate surface area is 116 Å². The lowest BCUT2D eigenvalue weighted by molar-refractivity contribution is 0.471. The minimum absolute atomic E-state index is 0.365. The van der Waals surface area contributed by atoms with Crippen molar-refractivity contribution in [1.82, 2.24) is 4.31 Å². The van der Waals surface area contributed by atoms with Gasteiger partial charge in [0.15, 0.2) is 0 Å². The first kappa shape index (κ1) is 13.5. The van der Waals surface area contributed by atoms with E-state index in [0.717, 1.165) is 20.8 Å². The molecule has 0 atom stereocenters. The van der Waals surface area contributed by atoms with Crippen LogP contribution in [0.25, 0.3) is 10.8 Å². The van der Waals surface area contributed by atoms with Gasteiger partial charge in [-0.05, 0) is 32.3 Å². The molecule has 0 N–H and O–H groups in total. The lowest BCUT2D eigenvalue weighted by Crippen LogP contribution is -2.25. The molecule has 0 aliphatic rings. The number of hydrogen-bond acceptors (Lipinski definition) is 2. The highest BCUT2D eigenvalue weighted by atomic mass is 79.9. The lowest BCUT2D eigenvalue weighted by Gasteiger charge is -2.16. The number of rotatable bonds is 3. The molecule has 0 saturated heterocycles. The highest BCUT2D eigenvalue weighted by molar-refractivity contribution is 9.10. The van der Waals surface area contributed by atoms with E-state index in [-0.39, 0.29) is 0 Å². The summed E-state index contributed by atoms with van der Waals surface area (Å²) in [6.07, 6.45) is 1.21. The van der Waals surface area contributed by atoms with Crippen LogP contribution in [0, 0.1) is 0 Å². The first-order valence-electron chi connectivity index (χ1n) is 5.47. The van der Waals surface area contributed by atoms with Gasteiger partial charge < -0.3 is 0 Å². The zero-order valence-corrected chi connectivity index (χ0v) is 12.6. The second-order valence-electron chi connectivity index (χ2n) is 4.28. The smallest absolute Gasteiger partial charge is 0.211 e. The third-order valence-electron chi connectivity index (χ3n) is 2.90. The fourth-order valence-corrected chi connectivity index (χ4v) is 2.75. The molecule has 0 spiro atoms. The van der Waals surface area contributed by atoms with Crippen molar-refractivity contribution in [1.29, 1.82) is 0 Å². The van der Waals surface area contributed by atoms with Crippen molar-refractivity contribution in [2.45, 2.75) is 6.54 Å². The summed E-state index contributed by atoms with van der Waals surface area (Å²) in [6, 6.07) is 12.0. The molecule has 0 aromatic heterocycles. The molecule has 5 heteroatoms. The Bertz CT molecular complexity index is 682. The van der Waals surface area contributed by atoms with E-state index in [0.29, 0.717) is 6.54 Å². The molecule has 2 aromatic carbocycles. The van der Waals surface area contributed by atoms with Crippen LogP contribution in [0.5, 0.6) is 0 Å². The van der Waals surface area contributed by atoms with Crippen LogP contribution in [-0.2, 0) is 16.6 Å². The average molecular weight is 328 g/mol. The summed E-state index contributed by atoms with van der Waals surface area (Å²) in [5, 5.41) is 2.23. The average Bonchev–Trinajstić information content (AvgIpc) is 2.32. The summed E-state index contributed by atoms with van der Waals surface area (Å²) in [5.41, 5.74) is 0.960. The largest absolute Gasteiger partial charge is 0.213 e. The van der Waals surface area contributed by atoms with Crippen molar-refractivity contribution < 1.29 is 8.42 Å². The highest BCUT2D eigenvalue weighted by Gasteiger charge is 2.13. The van der Waals surface area contributed by atoms with Gasteiger partial charge in [-0.25, -0.2) is 12.7 Å². The van der Waals surface area contributed by atoms with Crippen molar-refractivity contribution in [2.24, 2.45) is 0 Å². The fourth-order valence-electron chi connectivity index (χ4n) is 1.76. The molecule has 0 radical (unpaired) electrons. The molecule has 96 valence electrons. The maximum Gasteiger partial charge on any atom is 0.211 e. The van der Waals surface area contributed by atoms with Crippen molar-refractivity contribution in [3.05, 3.63) is 46.4 Å². The molecule has 18 heavy (non-hydrogen) atoms. The van der Waals surface area contributed by atoms with E-state index < -0.39 is 10.0 Å². The number of sulfonamides is 1. The minimum Gasteiger partial charge on any atom is -0.213 e. The zero-order chi connectivity index (χ0) is 13.3. The van der Waals surface area contributed by atoms with Gasteiger partial charge in [0.2, 0.25) is 10.0 Å². The maximum absolute atomic E-state index is 11.4. The molecule has 0 aliphatic carbocycles. The Morgan fingerprint density at radius 3 is 2.50 bits per heavy atom. The van der Waals surface area contributed by atoms with Gasteiger partial charge in [-0.1, -0.05) is 36.4 Å². The summed E-state index contributed by atoms with van der Waals surface area (Å²) in [6.45, 7) is 0.365. The van der Waals surface area contributed by atoms with Crippen LogP contribution in [0.1, 0.15) is 5.56 Å². The van der Waals surface area contributed by atoms with Crippen molar-refractivity contribution in [3.8, 4) is 0 Å². The Hall–Kier alpha value is -0.910. The summed E-state index contributed by atoms with van der Waals surface area (Å²) >= 11 is 3.56. The zero-order valence-electron chi connectivity index (χ0n) is 10.2. The lowest BCUT2D eigenvalue weighted by atomic mass is 10.1. The molecule has 0 amide bonds. The molecule has 2 rings (SSSR count). The van der Waals surface area contributed by atoms with Crippen LogP contribution in [0.15, 0.2) is 40.9 Å². The predicted octanol–water partition coefficient (Wildman–Crippen LogP) is 2.99. The van der Waals surface area contributed by atoms with E-state index in [4.69, 9.17) is 0 Å². The van der Waals surface area contributed by atoms with E-state index in [1.807, 2.05) is 36.4 Å². The standard InChI is InChI=1S/C13H14BrNO2S/c1-15(18(2,16)17)9-11-8-7-10-5-3-4-6-12(10)13(11)14/h3-8H,9H2,1-2H3. The molecule has 0 unspecified atom stereocenters. The molecule has 0 saturated carbocycles.